The summed E-state index contributed by atoms with van der Waals surface area (Å²) in [7, 11) is 1.80. The fraction of sp³-hybridized carbons (Fsp3) is 0.442. The Morgan fingerprint density at radius 3 is 1.55 bits per heavy atom. The van der Waals surface area contributed by atoms with E-state index in [1.54, 1.807) is 7.11 Å². The molecule has 0 bridgehead atoms. The molecule has 6 heteroatoms. The SMILES string of the molecule is CCCCCC[C@@H]1[C@H](OC)C12O[C@H](COCc1ccccc1)[C@@H](OCc1ccccc1)[C@H](OCc1ccccc1)[C@H]2OCc1ccccc1. The predicted octanol–water partition coefficient (Wildman–Crippen LogP) is 8.71. The predicted molar refractivity (Wildman–Crippen MR) is 192 cm³/mol. The van der Waals surface area contributed by atoms with Crippen LogP contribution in [0.4, 0.5) is 0 Å². The van der Waals surface area contributed by atoms with Crippen LogP contribution < -0.4 is 0 Å². The average Bonchev–Trinajstić information content (AvgIpc) is 3.77. The van der Waals surface area contributed by atoms with Crippen LogP contribution in [0.15, 0.2) is 121 Å². The first-order valence-corrected chi connectivity index (χ1v) is 18.0. The summed E-state index contributed by atoms with van der Waals surface area (Å²) in [5.74, 6) is 0.171. The molecular weight excluding hydrogens is 612 g/mol. The van der Waals surface area contributed by atoms with E-state index in [-0.39, 0.29) is 12.0 Å². The molecule has 1 aliphatic carbocycles. The van der Waals surface area contributed by atoms with Crippen LogP contribution in [0, 0.1) is 5.92 Å². The lowest BCUT2D eigenvalue weighted by atomic mass is 9.90. The Bertz CT molecular complexity index is 1490. The van der Waals surface area contributed by atoms with E-state index in [2.05, 4.69) is 55.5 Å². The van der Waals surface area contributed by atoms with Crippen molar-refractivity contribution in [2.45, 2.75) is 102 Å². The Hall–Kier alpha value is -3.36. The van der Waals surface area contributed by atoms with Crippen LogP contribution in [0.3, 0.4) is 0 Å². The van der Waals surface area contributed by atoms with E-state index in [0.29, 0.717) is 33.0 Å². The summed E-state index contributed by atoms with van der Waals surface area (Å²) in [4.78, 5) is 0. The Kier molecular flexibility index (Phi) is 13.1. The Morgan fingerprint density at radius 2 is 1.04 bits per heavy atom. The first kappa shape index (κ1) is 35.5. The van der Waals surface area contributed by atoms with Crippen molar-refractivity contribution in [1.82, 2.24) is 0 Å². The molecule has 2 fully saturated rings. The number of methoxy groups -OCH3 is 1. The Balaban J connectivity index is 1.34. The van der Waals surface area contributed by atoms with Gasteiger partial charge in [0.25, 0.3) is 0 Å². The summed E-state index contributed by atoms with van der Waals surface area (Å²) in [5, 5.41) is 0. The van der Waals surface area contributed by atoms with Gasteiger partial charge < -0.3 is 28.4 Å². The molecule has 1 saturated carbocycles. The van der Waals surface area contributed by atoms with E-state index in [4.69, 9.17) is 28.4 Å². The molecule has 260 valence electrons. The number of unbranched alkanes of at least 4 members (excludes halogenated alkanes) is 3. The number of ether oxygens (including phenoxy) is 6. The summed E-state index contributed by atoms with van der Waals surface area (Å²) in [6.07, 6.45) is 3.89. The van der Waals surface area contributed by atoms with Gasteiger partial charge in [0.05, 0.1) is 39.1 Å². The van der Waals surface area contributed by atoms with E-state index in [0.717, 1.165) is 35.1 Å². The molecule has 7 atom stereocenters. The smallest absolute Gasteiger partial charge is 0.129 e. The molecule has 6 nitrogen and oxygen atoms in total. The highest BCUT2D eigenvalue weighted by Crippen LogP contribution is 2.59. The van der Waals surface area contributed by atoms with E-state index < -0.39 is 30.0 Å². The lowest BCUT2D eigenvalue weighted by molar-refractivity contribution is -0.291. The number of benzene rings is 4. The van der Waals surface area contributed by atoms with Crippen molar-refractivity contribution in [3.8, 4) is 0 Å². The zero-order valence-corrected chi connectivity index (χ0v) is 29.0. The van der Waals surface area contributed by atoms with Crippen molar-refractivity contribution >= 4 is 0 Å². The van der Waals surface area contributed by atoms with Gasteiger partial charge in [-0.25, -0.2) is 0 Å². The van der Waals surface area contributed by atoms with Gasteiger partial charge in [-0.05, 0) is 28.7 Å². The van der Waals surface area contributed by atoms with Gasteiger partial charge >= 0.3 is 0 Å². The van der Waals surface area contributed by atoms with E-state index in [1.807, 2.05) is 72.8 Å². The highest BCUT2D eigenvalue weighted by Gasteiger charge is 2.76. The minimum absolute atomic E-state index is 0.121. The molecule has 6 rings (SSSR count). The molecule has 0 amide bonds. The van der Waals surface area contributed by atoms with E-state index in [9.17, 15) is 0 Å². The molecule has 4 aromatic carbocycles. The van der Waals surface area contributed by atoms with Gasteiger partial charge in [0.2, 0.25) is 0 Å². The van der Waals surface area contributed by atoms with Crippen molar-refractivity contribution in [2.24, 2.45) is 5.92 Å². The fourth-order valence-corrected chi connectivity index (χ4v) is 7.40. The van der Waals surface area contributed by atoms with Crippen LogP contribution in [0.1, 0.15) is 61.3 Å². The van der Waals surface area contributed by atoms with Crippen molar-refractivity contribution < 1.29 is 28.4 Å². The zero-order valence-electron chi connectivity index (χ0n) is 29.0. The van der Waals surface area contributed by atoms with Crippen molar-refractivity contribution in [2.75, 3.05) is 13.7 Å². The summed E-state index contributed by atoms with van der Waals surface area (Å²) in [6.45, 7) is 4.36. The highest BCUT2D eigenvalue weighted by molar-refractivity contribution is 5.26. The molecule has 0 aromatic heterocycles. The summed E-state index contributed by atoms with van der Waals surface area (Å²) in [6, 6.07) is 41.2. The number of hydrogen-bond acceptors (Lipinski definition) is 6. The second-order valence-electron chi connectivity index (χ2n) is 13.4. The van der Waals surface area contributed by atoms with Gasteiger partial charge in [-0.3, -0.25) is 0 Å². The molecule has 1 spiro atoms. The van der Waals surface area contributed by atoms with Gasteiger partial charge in [-0.2, -0.15) is 0 Å². The molecule has 1 heterocycles. The van der Waals surface area contributed by atoms with Crippen LogP contribution in [0.2, 0.25) is 0 Å². The van der Waals surface area contributed by atoms with Gasteiger partial charge in [-0.15, -0.1) is 0 Å². The van der Waals surface area contributed by atoms with Crippen molar-refractivity contribution in [3.05, 3.63) is 144 Å². The molecule has 4 aromatic rings. The van der Waals surface area contributed by atoms with Gasteiger partial charge in [0.15, 0.2) is 0 Å². The molecule has 2 aliphatic rings. The van der Waals surface area contributed by atoms with Gasteiger partial charge in [0, 0.05) is 13.0 Å². The van der Waals surface area contributed by atoms with Crippen LogP contribution in [-0.2, 0) is 54.8 Å². The average molecular weight is 665 g/mol. The van der Waals surface area contributed by atoms with Crippen LogP contribution >= 0.6 is 0 Å². The molecule has 0 N–H and O–H groups in total. The minimum Gasteiger partial charge on any atom is -0.378 e. The third kappa shape index (κ3) is 9.06. The first-order chi connectivity index (χ1) is 24.2. The van der Waals surface area contributed by atoms with Gasteiger partial charge in [0.1, 0.15) is 30.0 Å². The van der Waals surface area contributed by atoms with Crippen molar-refractivity contribution in [1.29, 1.82) is 0 Å². The number of hydrogen-bond donors (Lipinski definition) is 0. The van der Waals surface area contributed by atoms with Gasteiger partial charge in [-0.1, -0.05) is 154 Å². The third-order valence-electron chi connectivity index (χ3n) is 9.93. The molecule has 1 saturated heterocycles. The maximum Gasteiger partial charge on any atom is 0.129 e. The fourth-order valence-electron chi connectivity index (χ4n) is 7.40. The molecule has 1 unspecified atom stereocenters. The van der Waals surface area contributed by atoms with Crippen LogP contribution in [0.25, 0.3) is 0 Å². The van der Waals surface area contributed by atoms with Crippen LogP contribution in [-0.4, -0.2) is 49.8 Å². The van der Waals surface area contributed by atoms with E-state index >= 15 is 0 Å². The quantitative estimate of drug-likeness (QED) is 0.0935. The van der Waals surface area contributed by atoms with E-state index in [1.165, 1.54) is 19.3 Å². The number of rotatable bonds is 19. The normalized spacial score (nSPS) is 26.2. The summed E-state index contributed by atoms with van der Waals surface area (Å²) >= 11 is 0. The molecule has 1 aliphatic heterocycles. The van der Waals surface area contributed by atoms with Crippen molar-refractivity contribution in [3.63, 3.8) is 0 Å². The highest BCUT2D eigenvalue weighted by atomic mass is 16.6. The Morgan fingerprint density at radius 1 is 0.551 bits per heavy atom. The monoisotopic (exact) mass is 664 g/mol. The topological polar surface area (TPSA) is 55.4 Å². The largest absolute Gasteiger partial charge is 0.378 e. The zero-order chi connectivity index (χ0) is 33.7. The Labute approximate surface area is 292 Å². The summed E-state index contributed by atoms with van der Waals surface area (Å²) < 4.78 is 40.8. The lowest BCUT2D eigenvalue weighted by Gasteiger charge is -2.47. The second kappa shape index (κ2) is 18.0. The molecular formula is C43H52O6. The standard InChI is InChI=1S/C43H52O6/c1-3-4-5-18-27-37-41(44-2)43(37)42(48-31-36-25-16-9-17-26-36)40(47-30-35-23-14-8-15-24-35)39(46-29-34-21-12-7-13-22-34)38(49-43)32-45-28-33-19-10-6-11-20-33/h6-17,19-26,37-42H,3-5,18,27-32H2,1-2H3/t37-,38-,39-,40+,41+,42-,43?/m1/s1. The maximum absolute atomic E-state index is 7.30. The third-order valence-corrected chi connectivity index (χ3v) is 9.93. The minimum atomic E-state index is -0.690. The summed E-state index contributed by atoms with van der Waals surface area (Å²) in [5.41, 5.74) is 3.71. The first-order valence-electron chi connectivity index (χ1n) is 18.0. The maximum atomic E-state index is 7.30. The second-order valence-corrected chi connectivity index (χ2v) is 13.4. The molecule has 0 radical (unpaired) electrons. The van der Waals surface area contributed by atoms with Crippen LogP contribution in [0.5, 0.6) is 0 Å². The molecule has 49 heavy (non-hydrogen) atoms. The lowest BCUT2D eigenvalue weighted by Crippen LogP contribution is -2.64.